The van der Waals surface area contributed by atoms with E-state index in [0.717, 1.165) is 6.42 Å². The second-order valence-corrected chi connectivity index (χ2v) is 7.97. The van der Waals surface area contributed by atoms with Crippen LogP contribution >= 0.6 is 23.2 Å². The largest absolute Gasteiger partial charge is 0.507 e. The number of furan rings is 1. The molecular weight excluding hydrogens is 453 g/mol. The number of aliphatic hydroxyl groups excluding tert-OH is 1. The van der Waals surface area contributed by atoms with E-state index in [9.17, 15) is 14.7 Å². The number of ketones is 1. The van der Waals surface area contributed by atoms with E-state index in [1.807, 2.05) is 6.92 Å². The number of anilines is 1. The monoisotopic (exact) mass is 471 g/mol. The van der Waals surface area contributed by atoms with Gasteiger partial charge < -0.3 is 14.3 Å². The lowest BCUT2D eigenvalue weighted by Gasteiger charge is -2.23. The summed E-state index contributed by atoms with van der Waals surface area (Å²) in [7, 11) is 0. The molecule has 1 aliphatic rings. The fourth-order valence-corrected chi connectivity index (χ4v) is 3.85. The molecule has 8 heteroatoms. The SMILES string of the molecule is CCCOc1cccc(N2C(=O)C(=O)/C(=C(\O)c3ccc(Cl)c(Cl)c3)C2c2ccco2)c1. The van der Waals surface area contributed by atoms with Gasteiger partial charge >= 0.3 is 0 Å². The summed E-state index contributed by atoms with van der Waals surface area (Å²) in [6.45, 7) is 2.50. The van der Waals surface area contributed by atoms with Crippen LogP contribution in [0.4, 0.5) is 5.69 Å². The Morgan fingerprint density at radius 2 is 1.91 bits per heavy atom. The van der Waals surface area contributed by atoms with E-state index < -0.39 is 17.7 Å². The van der Waals surface area contributed by atoms with Crippen LogP contribution in [0, 0.1) is 0 Å². The quantitative estimate of drug-likeness (QED) is 0.270. The summed E-state index contributed by atoms with van der Waals surface area (Å²) in [5.41, 5.74) is 0.590. The average Bonchev–Trinajstić information content (AvgIpc) is 3.41. The van der Waals surface area contributed by atoms with Gasteiger partial charge in [-0.15, -0.1) is 0 Å². The van der Waals surface area contributed by atoms with Crippen molar-refractivity contribution in [3.05, 3.63) is 87.8 Å². The normalized spacial score (nSPS) is 17.7. The van der Waals surface area contributed by atoms with Crippen molar-refractivity contribution in [2.24, 2.45) is 0 Å². The lowest BCUT2D eigenvalue weighted by Crippen LogP contribution is -2.29. The van der Waals surface area contributed by atoms with Gasteiger partial charge in [-0.25, -0.2) is 0 Å². The maximum Gasteiger partial charge on any atom is 0.300 e. The molecule has 1 N–H and O–H groups in total. The number of ether oxygens (including phenoxy) is 1. The Morgan fingerprint density at radius 1 is 1.09 bits per heavy atom. The number of carbonyl (C=O) groups is 2. The fourth-order valence-electron chi connectivity index (χ4n) is 3.56. The summed E-state index contributed by atoms with van der Waals surface area (Å²) < 4.78 is 11.2. The summed E-state index contributed by atoms with van der Waals surface area (Å²) in [6.07, 6.45) is 2.26. The Labute approximate surface area is 194 Å². The number of aliphatic hydroxyl groups is 1. The summed E-state index contributed by atoms with van der Waals surface area (Å²) in [4.78, 5) is 27.5. The summed E-state index contributed by atoms with van der Waals surface area (Å²) >= 11 is 12.1. The van der Waals surface area contributed by atoms with Crippen molar-refractivity contribution in [3.8, 4) is 5.75 Å². The highest BCUT2D eigenvalue weighted by Crippen LogP contribution is 2.43. The Morgan fingerprint density at radius 3 is 2.59 bits per heavy atom. The van der Waals surface area contributed by atoms with Crippen LogP contribution in [0.5, 0.6) is 5.75 Å². The molecule has 4 rings (SSSR count). The molecule has 1 amide bonds. The molecule has 2 aromatic carbocycles. The standard InChI is InChI=1S/C24H19Cl2NO5/c1-2-10-31-16-6-3-5-15(13-16)27-21(19-7-4-11-32-19)20(23(29)24(27)30)22(28)14-8-9-17(25)18(26)12-14/h3-9,11-13,21,28H,2,10H2,1H3/b22-20-. The Kier molecular flexibility index (Phi) is 6.26. The molecule has 1 unspecified atom stereocenters. The minimum atomic E-state index is -0.971. The molecule has 6 nitrogen and oxygen atoms in total. The maximum atomic E-state index is 13.1. The van der Waals surface area contributed by atoms with Crippen molar-refractivity contribution >= 4 is 46.3 Å². The third kappa shape index (κ3) is 3.99. The molecule has 0 spiro atoms. The number of hydrogen-bond acceptors (Lipinski definition) is 5. The van der Waals surface area contributed by atoms with Gasteiger partial charge in [0.1, 0.15) is 23.3 Å². The fraction of sp³-hybridized carbons (Fsp3) is 0.167. The Balaban J connectivity index is 1.86. The molecule has 2 heterocycles. The van der Waals surface area contributed by atoms with Crippen LogP contribution < -0.4 is 9.64 Å². The van der Waals surface area contributed by atoms with Crippen LogP contribution in [0.3, 0.4) is 0 Å². The number of carbonyl (C=O) groups excluding carboxylic acids is 2. The highest BCUT2D eigenvalue weighted by molar-refractivity contribution is 6.51. The second kappa shape index (κ2) is 9.10. The third-order valence-corrected chi connectivity index (χ3v) is 5.76. The smallest absolute Gasteiger partial charge is 0.300 e. The zero-order valence-electron chi connectivity index (χ0n) is 17.0. The topological polar surface area (TPSA) is 80.0 Å². The number of Topliss-reactive ketones (excluding diaryl/α,β-unsaturated/α-hetero) is 1. The zero-order chi connectivity index (χ0) is 22.8. The first-order valence-corrected chi connectivity index (χ1v) is 10.7. The molecule has 164 valence electrons. The van der Waals surface area contributed by atoms with Crippen LogP contribution in [-0.2, 0) is 9.59 Å². The zero-order valence-corrected chi connectivity index (χ0v) is 18.6. The van der Waals surface area contributed by atoms with Crippen LogP contribution in [0.1, 0.15) is 30.7 Å². The predicted octanol–water partition coefficient (Wildman–Crippen LogP) is 6.00. The number of nitrogens with zero attached hydrogens (tertiary/aromatic N) is 1. The molecule has 3 aromatic rings. The van der Waals surface area contributed by atoms with Crippen LogP contribution in [-0.4, -0.2) is 23.4 Å². The molecule has 32 heavy (non-hydrogen) atoms. The van der Waals surface area contributed by atoms with Crippen molar-refractivity contribution in [2.45, 2.75) is 19.4 Å². The molecule has 0 radical (unpaired) electrons. The highest BCUT2D eigenvalue weighted by Gasteiger charge is 2.48. The van der Waals surface area contributed by atoms with Crippen LogP contribution in [0.25, 0.3) is 5.76 Å². The van der Waals surface area contributed by atoms with Crippen molar-refractivity contribution in [1.82, 2.24) is 0 Å². The van der Waals surface area contributed by atoms with E-state index in [2.05, 4.69) is 0 Å². The predicted molar refractivity (Wildman–Crippen MR) is 122 cm³/mol. The molecule has 1 atom stereocenters. The van der Waals surface area contributed by atoms with Crippen LogP contribution in [0.2, 0.25) is 10.0 Å². The molecule has 0 saturated carbocycles. The number of halogens is 2. The van der Waals surface area contributed by atoms with Gasteiger partial charge in [0.05, 0.1) is 28.5 Å². The molecule has 0 bridgehead atoms. The van der Waals surface area contributed by atoms with Crippen molar-refractivity contribution in [1.29, 1.82) is 0 Å². The summed E-state index contributed by atoms with van der Waals surface area (Å²) in [6, 6.07) is 13.7. The molecule has 1 saturated heterocycles. The minimum absolute atomic E-state index is 0.108. The maximum absolute atomic E-state index is 13.1. The van der Waals surface area contributed by atoms with E-state index in [1.165, 1.54) is 29.4 Å². The molecule has 0 aliphatic carbocycles. The molecule has 1 fully saturated rings. The van der Waals surface area contributed by atoms with E-state index in [4.69, 9.17) is 32.4 Å². The van der Waals surface area contributed by atoms with Gasteiger partial charge in [0, 0.05) is 17.3 Å². The first-order chi connectivity index (χ1) is 15.4. The van der Waals surface area contributed by atoms with Gasteiger partial charge in [0.2, 0.25) is 0 Å². The van der Waals surface area contributed by atoms with Gasteiger partial charge in [-0.2, -0.15) is 0 Å². The van der Waals surface area contributed by atoms with Gasteiger partial charge in [0.25, 0.3) is 11.7 Å². The minimum Gasteiger partial charge on any atom is -0.507 e. The van der Waals surface area contributed by atoms with Gasteiger partial charge in [-0.1, -0.05) is 36.2 Å². The first kappa shape index (κ1) is 22.0. The second-order valence-electron chi connectivity index (χ2n) is 7.16. The number of rotatable bonds is 6. The number of amides is 1. The third-order valence-electron chi connectivity index (χ3n) is 5.02. The van der Waals surface area contributed by atoms with E-state index in [0.29, 0.717) is 28.8 Å². The first-order valence-electron chi connectivity index (χ1n) is 9.95. The average molecular weight is 472 g/mol. The summed E-state index contributed by atoms with van der Waals surface area (Å²) in [5, 5.41) is 11.5. The Bertz CT molecular complexity index is 1200. The lowest BCUT2D eigenvalue weighted by atomic mass is 9.99. The van der Waals surface area contributed by atoms with Crippen LogP contribution in [0.15, 0.2) is 70.9 Å². The molecule has 1 aliphatic heterocycles. The highest BCUT2D eigenvalue weighted by atomic mass is 35.5. The Hall–Kier alpha value is -3.22. The summed E-state index contributed by atoms with van der Waals surface area (Å²) in [5.74, 6) is -1.11. The number of benzene rings is 2. The van der Waals surface area contributed by atoms with E-state index in [1.54, 1.807) is 36.4 Å². The molecule has 1 aromatic heterocycles. The lowest BCUT2D eigenvalue weighted by molar-refractivity contribution is -0.132. The van der Waals surface area contributed by atoms with Crippen molar-refractivity contribution < 1.29 is 23.8 Å². The number of hydrogen-bond donors (Lipinski definition) is 1. The van der Waals surface area contributed by atoms with Gasteiger partial charge in [-0.3, -0.25) is 14.5 Å². The van der Waals surface area contributed by atoms with E-state index >= 15 is 0 Å². The van der Waals surface area contributed by atoms with Crippen molar-refractivity contribution in [3.63, 3.8) is 0 Å². The van der Waals surface area contributed by atoms with Gasteiger partial charge in [0.15, 0.2) is 0 Å². The van der Waals surface area contributed by atoms with Gasteiger partial charge in [-0.05, 0) is 48.9 Å². The van der Waals surface area contributed by atoms with Crippen molar-refractivity contribution in [2.75, 3.05) is 11.5 Å². The molecular formula is C24H19Cl2NO5. The van der Waals surface area contributed by atoms with E-state index in [-0.39, 0.29) is 21.9 Å².